The van der Waals surface area contributed by atoms with E-state index < -0.39 is 9.93 Å². The van der Waals surface area contributed by atoms with Crippen LogP contribution in [0.25, 0.3) is 0 Å². The normalized spacial score (nSPS) is 40.4. The molecule has 2 saturated carbocycles. The van der Waals surface area contributed by atoms with Gasteiger partial charge in [-0.2, -0.15) is 0 Å². The third-order valence-electron chi connectivity index (χ3n) is 4.80. The summed E-state index contributed by atoms with van der Waals surface area (Å²) in [5.41, 5.74) is 0.000628. The summed E-state index contributed by atoms with van der Waals surface area (Å²) in [6.07, 6.45) is 2.72. The molecule has 0 unspecified atom stereocenters. The molecule has 0 aromatic heterocycles. The quantitative estimate of drug-likeness (QED) is 0.672. The number of fused-ring (bicyclic) bond motifs is 2. The second-order valence-electron chi connectivity index (χ2n) is 5.49. The summed E-state index contributed by atoms with van der Waals surface area (Å²) in [6, 6.07) is 9.66. The molecule has 1 aromatic rings. The molecule has 0 heterocycles. The Morgan fingerprint density at radius 1 is 1.32 bits per heavy atom. The number of hydrogen-bond donors (Lipinski definition) is 1. The van der Waals surface area contributed by atoms with Gasteiger partial charge in [0.1, 0.15) is 4.32 Å². The van der Waals surface area contributed by atoms with Gasteiger partial charge in [0.05, 0.1) is 12.7 Å². The maximum Gasteiger partial charge on any atom is 0.323 e. The number of ether oxygens (including phenoxy) is 1. The van der Waals surface area contributed by atoms with Crippen molar-refractivity contribution in [3.8, 4) is 0 Å². The highest BCUT2D eigenvalue weighted by atomic mass is 79.9. The van der Waals surface area contributed by atoms with Crippen LogP contribution in [0.3, 0.4) is 0 Å². The number of benzene rings is 1. The monoisotopic (exact) mass is 324 g/mol. The van der Waals surface area contributed by atoms with Crippen LogP contribution in [0, 0.1) is 11.8 Å². The number of methoxy groups -OCH3 is 1. The highest BCUT2D eigenvalue weighted by Crippen LogP contribution is 2.68. The van der Waals surface area contributed by atoms with Gasteiger partial charge in [0.25, 0.3) is 0 Å². The summed E-state index contributed by atoms with van der Waals surface area (Å²) in [4.78, 5) is 12.1. The van der Waals surface area contributed by atoms with Crippen molar-refractivity contribution in [1.82, 2.24) is 0 Å². The Labute approximate surface area is 121 Å². The fourth-order valence-corrected chi connectivity index (χ4v) is 5.28. The maximum atomic E-state index is 12.1. The molecule has 3 nitrogen and oxygen atoms in total. The van der Waals surface area contributed by atoms with E-state index in [4.69, 9.17) is 4.74 Å². The van der Waals surface area contributed by atoms with Crippen LogP contribution in [0.2, 0.25) is 0 Å². The predicted octanol–water partition coefficient (Wildman–Crippen LogP) is 2.61. The van der Waals surface area contributed by atoms with Crippen molar-refractivity contribution >= 4 is 21.9 Å². The van der Waals surface area contributed by atoms with Crippen molar-refractivity contribution < 1.29 is 14.6 Å². The molecule has 102 valence electrons. The number of rotatable bonds is 2. The summed E-state index contributed by atoms with van der Waals surface area (Å²) >= 11 is 3.58. The molecular weight excluding hydrogens is 308 g/mol. The van der Waals surface area contributed by atoms with E-state index in [2.05, 4.69) is 15.9 Å². The Morgan fingerprint density at radius 2 is 1.89 bits per heavy atom. The molecule has 0 spiro atoms. The Balaban J connectivity index is 2.02. The zero-order valence-corrected chi connectivity index (χ0v) is 12.4. The summed E-state index contributed by atoms with van der Waals surface area (Å²) in [7, 11) is 1.40. The minimum atomic E-state index is -0.906. The lowest BCUT2D eigenvalue weighted by Gasteiger charge is -2.65. The topological polar surface area (TPSA) is 46.5 Å². The summed E-state index contributed by atoms with van der Waals surface area (Å²) < 4.78 is 4.21. The summed E-state index contributed by atoms with van der Waals surface area (Å²) in [5, 5.41) is 11.1. The second kappa shape index (κ2) is 4.32. The van der Waals surface area contributed by atoms with Crippen LogP contribution < -0.4 is 0 Å². The zero-order chi connectivity index (χ0) is 13.7. The predicted molar refractivity (Wildman–Crippen MR) is 74.8 cm³/mol. The first-order valence-electron chi connectivity index (χ1n) is 6.61. The summed E-state index contributed by atoms with van der Waals surface area (Å²) in [6.45, 7) is 0. The van der Waals surface area contributed by atoms with E-state index in [1.54, 1.807) is 0 Å². The van der Waals surface area contributed by atoms with Crippen LogP contribution in [-0.4, -0.2) is 22.5 Å². The lowest BCUT2D eigenvalue weighted by atomic mass is 9.45. The fraction of sp³-hybridized carbons (Fsp3) is 0.533. The van der Waals surface area contributed by atoms with Gasteiger partial charge in [-0.05, 0) is 18.4 Å². The molecule has 3 rings (SSSR count). The number of halogens is 1. The first-order chi connectivity index (χ1) is 9.06. The van der Waals surface area contributed by atoms with Crippen LogP contribution in [-0.2, 0) is 15.1 Å². The van der Waals surface area contributed by atoms with Crippen LogP contribution in [0.4, 0.5) is 0 Å². The van der Waals surface area contributed by atoms with Gasteiger partial charge < -0.3 is 9.84 Å². The second-order valence-corrected chi connectivity index (χ2v) is 6.80. The van der Waals surface area contributed by atoms with Crippen molar-refractivity contribution in [2.45, 2.75) is 29.2 Å². The third kappa shape index (κ3) is 1.50. The molecule has 2 aliphatic carbocycles. The minimum absolute atomic E-state index is 0.117. The van der Waals surface area contributed by atoms with E-state index in [0.29, 0.717) is 0 Å². The molecule has 2 fully saturated rings. The molecule has 4 heteroatoms. The van der Waals surface area contributed by atoms with Gasteiger partial charge in [-0.3, -0.25) is 4.79 Å². The van der Waals surface area contributed by atoms with E-state index >= 15 is 0 Å². The molecule has 1 N–H and O–H groups in total. The van der Waals surface area contributed by atoms with E-state index in [0.717, 1.165) is 24.8 Å². The molecule has 0 amide bonds. The standard InChI is InChI=1S/C15H17BrO3/c1-19-13(17)14(16)11-8-5-9-12(14)15(11,18)10-6-3-2-4-7-10/h2-4,6-7,11-12,18H,5,8-9H2,1H3/t11-,12-,14?,15?/m1/s1. The Kier molecular flexibility index (Phi) is 2.98. The fourth-order valence-electron chi connectivity index (χ4n) is 3.96. The molecule has 2 atom stereocenters. The molecule has 0 aliphatic heterocycles. The van der Waals surface area contributed by atoms with Crippen molar-refractivity contribution in [3.05, 3.63) is 35.9 Å². The molecule has 19 heavy (non-hydrogen) atoms. The first-order valence-corrected chi connectivity index (χ1v) is 7.40. The van der Waals surface area contributed by atoms with E-state index in [1.807, 2.05) is 30.3 Å². The Morgan fingerprint density at radius 3 is 2.42 bits per heavy atom. The van der Waals surface area contributed by atoms with E-state index in [1.165, 1.54) is 7.11 Å². The first kappa shape index (κ1) is 13.1. The average molecular weight is 325 g/mol. The van der Waals surface area contributed by atoms with Gasteiger partial charge in [0, 0.05) is 11.8 Å². The summed E-state index contributed by atoms with van der Waals surface area (Å²) in [5.74, 6) is -0.495. The number of hydrogen-bond acceptors (Lipinski definition) is 3. The van der Waals surface area contributed by atoms with E-state index in [9.17, 15) is 9.90 Å². The maximum absolute atomic E-state index is 12.1. The number of carbonyl (C=O) groups excluding carboxylic acids is 1. The van der Waals surface area contributed by atoms with Crippen molar-refractivity contribution in [1.29, 1.82) is 0 Å². The van der Waals surface area contributed by atoms with Crippen molar-refractivity contribution in [2.75, 3.05) is 7.11 Å². The lowest BCUT2D eigenvalue weighted by Crippen LogP contribution is -2.73. The van der Waals surface area contributed by atoms with Gasteiger partial charge in [-0.25, -0.2) is 0 Å². The van der Waals surface area contributed by atoms with Crippen LogP contribution in [0.1, 0.15) is 24.8 Å². The molecule has 2 aliphatic rings. The Hall–Kier alpha value is -0.870. The largest absolute Gasteiger partial charge is 0.468 e. The molecular formula is C15H17BrO3. The molecule has 1 aromatic carbocycles. The lowest BCUT2D eigenvalue weighted by molar-refractivity contribution is -0.222. The zero-order valence-electron chi connectivity index (χ0n) is 10.8. The highest BCUT2D eigenvalue weighted by molar-refractivity contribution is 9.10. The third-order valence-corrected chi connectivity index (χ3v) is 6.23. The number of esters is 1. The minimum Gasteiger partial charge on any atom is -0.468 e. The van der Waals surface area contributed by atoms with Crippen molar-refractivity contribution in [2.24, 2.45) is 11.8 Å². The van der Waals surface area contributed by atoms with Crippen LogP contribution in [0.5, 0.6) is 0 Å². The molecule has 0 saturated heterocycles. The molecule has 2 bridgehead atoms. The highest BCUT2D eigenvalue weighted by Gasteiger charge is 2.74. The number of alkyl halides is 1. The van der Waals surface area contributed by atoms with Gasteiger partial charge in [0.15, 0.2) is 0 Å². The van der Waals surface area contributed by atoms with Gasteiger partial charge in [-0.15, -0.1) is 0 Å². The van der Waals surface area contributed by atoms with Gasteiger partial charge in [-0.1, -0.05) is 52.7 Å². The number of carbonyl (C=O) groups is 1. The van der Waals surface area contributed by atoms with Crippen LogP contribution >= 0.6 is 15.9 Å². The number of aliphatic hydroxyl groups is 1. The van der Waals surface area contributed by atoms with E-state index in [-0.39, 0.29) is 17.8 Å². The molecule has 0 radical (unpaired) electrons. The van der Waals surface area contributed by atoms with Gasteiger partial charge >= 0.3 is 5.97 Å². The van der Waals surface area contributed by atoms with Crippen LogP contribution in [0.15, 0.2) is 30.3 Å². The van der Waals surface area contributed by atoms with Gasteiger partial charge in [0.2, 0.25) is 0 Å². The SMILES string of the molecule is COC(=O)C1(Br)[C@H]2CCC[C@H]1C2(O)c1ccccc1. The smallest absolute Gasteiger partial charge is 0.323 e. The Bertz CT molecular complexity index is 487. The van der Waals surface area contributed by atoms with Crippen molar-refractivity contribution in [3.63, 3.8) is 0 Å². The average Bonchev–Trinajstić information content (AvgIpc) is 2.48.